The summed E-state index contributed by atoms with van der Waals surface area (Å²) >= 11 is 6.06. The first kappa shape index (κ1) is 22.4. The van der Waals surface area contributed by atoms with Crippen LogP contribution in [0.25, 0.3) is 0 Å². The molecule has 0 aliphatic rings. The molecule has 0 saturated heterocycles. The SMILES string of the molecule is CCOc1ccc(OCC(=O)O[C@H](C)C(=O)Nc2cc(C)c(Cl)cc2OC)cc1. The molecule has 2 aromatic carbocycles. The van der Waals surface area contributed by atoms with Gasteiger partial charge in [-0.25, -0.2) is 4.79 Å². The van der Waals surface area contributed by atoms with E-state index in [2.05, 4.69) is 5.32 Å². The van der Waals surface area contributed by atoms with Crippen LogP contribution in [-0.4, -0.2) is 38.3 Å². The molecule has 1 N–H and O–H groups in total. The Balaban J connectivity index is 1.87. The molecule has 2 aromatic rings. The standard InChI is InChI=1S/C21H24ClNO6/c1-5-27-15-6-8-16(9-7-15)28-12-20(24)29-14(3)21(25)23-18-10-13(2)17(22)11-19(18)26-4/h6-11,14H,5,12H2,1-4H3,(H,23,25)/t14-/m1/s1. The summed E-state index contributed by atoms with van der Waals surface area (Å²) in [6.07, 6.45) is -1.02. The van der Waals surface area contributed by atoms with Gasteiger partial charge in [-0.2, -0.15) is 0 Å². The van der Waals surface area contributed by atoms with E-state index in [0.717, 1.165) is 5.56 Å². The zero-order valence-corrected chi connectivity index (χ0v) is 17.5. The zero-order valence-electron chi connectivity index (χ0n) is 16.8. The van der Waals surface area contributed by atoms with E-state index in [4.69, 9.17) is 30.5 Å². The van der Waals surface area contributed by atoms with Gasteiger partial charge in [-0.1, -0.05) is 11.6 Å². The minimum absolute atomic E-state index is 0.324. The van der Waals surface area contributed by atoms with Gasteiger partial charge in [0, 0.05) is 11.1 Å². The number of benzene rings is 2. The molecule has 0 aliphatic carbocycles. The van der Waals surface area contributed by atoms with Crippen LogP contribution < -0.4 is 19.5 Å². The molecule has 7 nitrogen and oxygen atoms in total. The Morgan fingerprint density at radius 2 is 1.72 bits per heavy atom. The van der Waals surface area contributed by atoms with Crippen LogP contribution in [0, 0.1) is 6.92 Å². The van der Waals surface area contributed by atoms with Crippen molar-refractivity contribution in [1.82, 2.24) is 0 Å². The van der Waals surface area contributed by atoms with Gasteiger partial charge in [-0.3, -0.25) is 4.79 Å². The molecular formula is C21H24ClNO6. The second kappa shape index (κ2) is 10.6. The molecule has 0 aromatic heterocycles. The molecule has 1 amide bonds. The van der Waals surface area contributed by atoms with E-state index in [-0.39, 0.29) is 6.61 Å². The summed E-state index contributed by atoms with van der Waals surface area (Å²) in [6, 6.07) is 10.1. The third-order valence-corrected chi connectivity index (χ3v) is 4.31. The number of anilines is 1. The van der Waals surface area contributed by atoms with Gasteiger partial charge in [-0.05, 0) is 56.7 Å². The van der Waals surface area contributed by atoms with E-state index in [1.54, 1.807) is 43.3 Å². The number of methoxy groups -OCH3 is 1. The van der Waals surface area contributed by atoms with Gasteiger partial charge in [0.15, 0.2) is 12.7 Å². The van der Waals surface area contributed by atoms with Crippen molar-refractivity contribution in [2.75, 3.05) is 25.6 Å². The molecule has 0 aliphatic heterocycles. The van der Waals surface area contributed by atoms with Crippen molar-refractivity contribution in [2.45, 2.75) is 26.9 Å². The highest BCUT2D eigenvalue weighted by atomic mass is 35.5. The number of hydrogen-bond acceptors (Lipinski definition) is 6. The van der Waals surface area contributed by atoms with E-state index in [1.807, 2.05) is 6.92 Å². The van der Waals surface area contributed by atoms with E-state index in [0.29, 0.717) is 34.6 Å². The van der Waals surface area contributed by atoms with Crippen molar-refractivity contribution in [3.63, 3.8) is 0 Å². The van der Waals surface area contributed by atoms with Crippen molar-refractivity contribution in [3.05, 3.63) is 47.0 Å². The number of amides is 1. The molecule has 156 valence electrons. The molecule has 0 radical (unpaired) electrons. The Bertz CT molecular complexity index is 853. The first-order chi connectivity index (χ1) is 13.8. The van der Waals surface area contributed by atoms with Crippen LogP contribution in [0.15, 0.2) is 36.4 Å². The normalized spacial score (nSPS) is 11.3. The molecule has 0 bridgehead atoms. The monoisotopic (exact) mass is 421 g/mol. The lowest BCUT2D eigenvalue weighted by atomic mass is 10.2. The van der Waals surface area contributed by atoms with Gasteiger partial charge in [-0.15, -0.1) is 0 Å². The zero-order chi connectivity index (χ0) is 21.4. The fraction of sp³-hybridized carbons (Fsp3) is 0.333. The Morgan fingerprint density at radius 1 is 1.10 bits per heavy atom. The van der Waals surface area contributed by atoms with Gasteiger partial charge in [0.05, 0.1) is 19.4 Å². The summed E-state index contributed by atoms with van der Waals surface area (Å²) in [4.78, 5) is 24.3. The number of halogens is 1. The van der Waals surface area contributed by atoms with Crippen molar-refractivity contribution < 1.29 is 28.5 Å². The third-order valence-electron chi connectivity index (χ3n) is 3.91. The van der Waals surface area contributed by atoms with Crippen LogP contribution in [0.4, 0.5) is 5.69 Å². The summed E-state index contributed by atoms with van der Waals surface area (Å²) in [5.74, 6) is 0.441. The van der Waals surface area contributed by atoms with Crippen molar-refractivity contribution in [2.24, 2.45) is 0 Å². The first-order valence-electron chi connectivity index (χ1n) is 9.04. The summed E-state index contributed by atoms with van der Waals surface area (Å²) < 4.78 is 21.1. The summed E-state index contributed by atoms with van der Waals surface area (Å²) in [5, 5.41) is 3.19. The third kappa shape index (κ3) is 6.57. The van der Waals surface area contributed by atoms with Gasteiger partial charge < -0.3 is 24.3 Å². The van der Waals surface area contributed by atoms with Gasteiger partial charge in [0.2, 0.25) is 0 Å². The largest absolute Gasteiger partial charge is 0.495 e. The second-order valence-corrected chi connectivity index (χ2v) is 6.52. The van der Waals surface area contributed by atoms with Crippen molar-refractivity contribution >= 4 is 29.2 Å². The lowest BCUT2D eigenvalue weighted by Crippen LogP contribution is -2.31. The Kier molecular flexibility index (Phi) is 8.15. The number of rotatable bonds is 9. The van der Waals surface area contributed by atoms with E-state index >= 15 is 0 Å². The van der Waals surface area contributed by atoms with Crippen LogP contribution in [-0.2, 0) is 14.3 Å². The van der Waals surface area contributed by atoms with Crippen LogP contribution in [0.5, 0.6) is 17.2 Å². The minimum atomic E-state index is -1.02. The number of aryl methyl sites for hydroxylation is 1. The molecule has 29 heavy (non-hydrogen) atoms. The second-order valence-electron chi connectivity index (χ2n) is 6.12. The van der Waals surface area contributed by atoms with E-state index in [1.165, 1.54) is 14.0 Å². The molecular weight excluding hydrogens is 398 g/mol. The number of nitrogens with one attached hydrogen (secondary N) is 1. The first-order valence-corrected chi connectivity index (χ1v) is 9.42. The maximum Gasteiger partial charge on any atom is 0.344 e. The van der Waals surface area contributed by atoms with E-state index in [9.17, 15) is 9.59 Å². The topological polar surface area (TPSA) is 83.1 Å². The van der Waals surface area contributed by atoms with Crippen molar-refractivity contribution in [3.8, 4) is 17.2 Å². The number of carbonyl (C=O) groups excluding carboxylic acids is 2. The fourth-order valence-corrected chi connectivity index (χ4v) is 2.54. The maximum absolute atomic E-state index is 12.4. The van der Waals surface area contributed by atoms with Crippen molar-refractivity contribution in [1.29, 1.82) is 0 Å². The highest BCUT2D eigenvalue weighted by Gasteiger charge is 2.20. The molecule has 0 fully saturated rings. The van der Waals surface area contributed by atoms with Crippen LogP contribution >= 0.6 is 11.6 Å². The fourth-order valence-electron chi connectivity index (χ4n) is 2.39. The smallest absolute Gasteiger partial charge is 0.344 e. The predicted octanol–water partition coefficient (Wildman–Crippen LogP) is 4.00. The molecule has 0 spiro atoms. The highest BCUT2D eigenvalue weighted by Crippen LogP contribution is 2.31. The van der Waals surface area contributed by atoms with E-state index < -0.39 is 18.0 Å². The predicted molar refractivity (Wildman–Crippen MR) is 110 cm³/mol. The summed E-state index contributed by atoms with van der Waals surface area (Å²) in [6.45, 7) is 5.41. The molecule has 2 rings (SSSR count). The maximum atomic E-state index is 12.4. The lowest BCUT2D eigenvalue weighted by molar-refractivity contribution is -0.155. The molecule has 0 saturated carbocycles. The van der Waals surface area contributed by atoms with Gasteiger partial charge in [0.25, 0.3) is 5.91 Å². The lowest BCUT2D eigenvalue weighted by Gasteiger charge is -2.16. The number of ether oxygens (including phenoxy) is 4. The van der Waals surface area contributed by atoms with Crippen LogP contribution in [0.2, 0.25) is 5.02 Å². The Morgan fingerprint density at radius 3 is 2.31 bits per heavy atom. The minimum Gasteiger partial charge on any atom is -0.495 e. The molecule has 0 heterocycles. The molecule has 0 unspecified atom stereocenters. The Labute approximate surface area is 174 Å². The molecule has 8 heteroatoms. The average molecular weight is 422 g/mol. The Hall–Kier alpha value is -2.93. The van der Waals surface area contributed by atoms with Gasteiger partial charge in [0.1, 0.15) is 17.2 Å². The average Bonchev–Trinajstić information content (AvgIpc) is 2.70. The summed E-state index contributed by atoms with van der Waals surface area (Å²) in [7, 11) is 1.47. The number of carbonyl (C=O) groups is 2. The number of esters is 1. The summed E-state index contributed by atoms with van der Waals surface area (Å²) in [5.41, 5.74) is 1.21. The van der Waals surface area contributed by atoms with Crippen LogP contribution in [0.1, 0.15) is 19.4 Å². The number of hydrogen-bond donors (Lipinski definition) is 1. The van der Waals surface area contributed by atoms with Gasteiger partial charge >= 0.3 is 5.97 Å². The highest BCUT2D eigenvalue weighted by molar-refractivity contribution is 6.31. The quantitative estimate of drug-likeness (QED) is 0.616. The van der Waals surface area contributed by atoms with Crippen LogP contribution in [0.3, 0.4) is 0 Å². The molecule has 1 atom stereocenters.